The molecular formula is C26H33N3O3. The molecule has 2 aromatic carbocycles. The first kappa shape index (κ1) is 21.4. The van der Waals surface area contributed by atoms with Crippen LogP contribution in [0.2, 0.25) is 0 Å². The number of piperidine rings is 1. The lowest BCUT2D eigenvalue weighted by molar-refractivity contribution is -0.384. The molecular weight excluding hydrogens is 402 g/mol. The standard InChI is InChI=1S/C26H33N3O3/c30-29(31)21-12-10-20(11-13-21)23-19-28-17-5-8-24(28)22-7-4-9-25(26(22)23)32-18-6-16-27-14-2-1-3-15-27/h4,7,9-13,23-24H,1-3,5-6,8,14-19H2/t23-,24-/m0/s1. The highest BCUT2D eigenvalue weighted by Gasteiger charge is 2.38. The number of nitro groups is 1. The van der Waals surface area contributed by atoms with E-state index in [0.717, 1.165) is 44.0 Å². The molecule has 0 amide bonds. The largest absolute Gasteiger partial charge is 0.493 e. The molecule has 0 spiro atoms. The molecule has 2 saturated heterocycles. The van der Waals surface area contributed by atoms with E-state index in [1.807, 2.05) is 12.1 Å². The third-order valence-electron chi connectivity index (χ3n) is 7.42. The van der Waals surface area contributed by atoms with Gasteiger partial charge in [-0.2, -0.15) is 0 Å². The quantitative estimate of drug-likeness (QED) is 0.343. The molecule has 2 aromatic rings. The minimum atomic E-state index is -0.327. The van der Waals surface area contributed by atoms with Crippen LogP contribution in [0, 0.1) is 10.1 Å². The van der Waals surface area contributed by atoms with Crippen LogP contribution in [0.1, 0.15) is 67.2 Å². The van der Waals surface area contributed by atoms with E-state index in [-0.39, 0.29) is 16.5 Å². The number of nitrogens with zero attached hydrogens (tertiary/aromatic N) is 3. The van der Waals surface area contributed by atoms with Gasteiger partial charge in [-0.05, 0) is 68.9 Å². The topological polar surface area (TPSA) is 58.9 Å². The summed E-state index contributed by atoms with van der Waals surface area (Å²) in [5.74, 6) is 1.18. The molecule has 6 heteroatoms. The number of benzene rings is 2. The summed E-state index contributed by atoms with van der Waals surface area (Å²) in [4.78, 5) is 15.9. The first-order valence-corrected chi connectivity index (χ1v) is 12.2. The summed E-state index contributed by atoms with van der Waals surface area (Å²) < 4.78 is 6.40. The van der Waals surface area contributed by atoms with E-state index < -0.39 is 0 Å². The Morgan fingerprint density at radius 1 is 1.00 bits per heavy atom. The van der Waals surface area contributed by atoms with Crippen LogP contribution in [-0.2, 0) is 0 Å². The van der Waals surface area contributed by atoms with Crippen molar-refractivity contribution < 1.29 is 9.66 Å². The van der Waals surface area contributed by atoms with Gasteiger partial charge in [0.05, 0.1) is 11.5 Å². The van der Waals surface area contributed by atoms with Gasteiger partial charge in [-0.1, -0.05) is 30.7 Å². The van der Waals surface area contributed by atoms with Crippen molar-refractivity contribution in [3.8, 4) is 5.75 Å². The Hall–Kier alpha value is -2.44. The van der Waals surface area contributed by atoms with Crippen LogP contribution < -0.4 is 4.74 Å². The van der Waals surface area contributed by atoms with Gasteiger partial charge in [-0.3, -0.25) is 15.0 Å². The molecule has 3 heterocycles. The van der Waals surface area contributed by atoms with E-state index in [9.17, 15) is 10.1 Å². The summed E-state index contributed by atoms with van der Waals surface area (Å²) in [7, 11) is 0. The lowest BCUT2D eigenvalue weighted by Gasteiger charge is -2.38. The van der Waals surface area contributed by atoms with Gasteiger partial charge in [0.1, 0.15) is 5.75 Å². The molecule has 5 rings (SSSR count). The summed E-state index contributed by atoms with van der Waals surface area (Å²) in [6.07, 6.45) is 7.47. The fraction of sp³-hybridized carbons (Fsp3) is 0.538. The van der Waals surface area contributed by atoms with E-state index in [0.29, 0.717) is 6.04 Å². The Bertz CT molecular complexity index is 940. The number of hydrogen-bond donors (Lipinski definition) is 0. The van der Waals surface area contributed by atoms with Crippen LogP contribution in [0.4, 0.5) is 5.69 Å². The smallest absolute Gasteiger partial charge is 0.269 e. The molecule has 0 aliphatic carbocycles. The summed E-state index contributed by atoms with van der Waals surface area (Å²) in [5.41, 5.74) is 3.95. The maximum atomic E-state index is 11.1. The van der Waals surface area contributed by atoms with Gasteiger partial charge in [0.2, 0.25) is 0 Å². The second-order valence-electron chi connectivity index (χ2n) is 9.42. The Morgan fingerprint density at radius 2 is 1.81 bits per heavy atom. The van der Waals surface area contributed by atoms with Crippen molar-refractivity contribution in [3.63, 3.8) is 0 Å². The lowest BCUT2D eigenvalue weighted by Crippen LogP contribution is -2.35. The van der Waals surface area contributed by atoms with E-state index in [1.165, 1.54) is 56.3 Å². The number of hydrogen-bond acceptors (Lipinski definition) is 5. The Labute approximate surface area is 190 Å². The second-order valence-corrected chi connectivity index (χ2v) is 9.42. The van der Waals surface area contributed by atoms with E-state index >= 15 is 0 Å². The maximum absolute atomic E-state index is 11.1. The van der Waals surface area contributed by atoms with Gasteiger partial charge >= 0.3 is 0 Å². The highest BCUT2D eigenvalue weighted by Crippen LogP contribution is 2.47. The molecule has 2 fully saturated rings. The van der Waals surface area contributed by atoms with Crippen molar-refractivity contribution in [3.05, 3.63) is 69.3 Å². The molecule has 0 unspecified atom stereocenters. The van der Waals surface area contributed by atoms with E-state index in [1.54, 1.807) is 12.1 Å². The molecule has 0 aromatic heterocycles. The Kier molecular flexibility index (Phi) is 6.42. The van der Waals surface area contributed by atoms with E-state index in [2.05, 4.69) is 28.0 Å². The van der Waals surface area contributed by atoms with Crippen molar-refractivity contribution >= 4 is 5.69 Å². The summed E-state index contributed by atoms with van der Waals surface area (Å²) in [5, 5.41) is 11.1. The molecule has 0 saturated carbocycles. The number of fused-ring (bicyclic) bond motifs is 3. The normalized spacial score (nSPS) is 23.5. The maximum Gasteiger partial charge on any atom is 0.269 e. The minimum absolute atomic E-state index is 0.145. The first-order chi connectivity index (χ1) is 15.7. The predicted octanol–water partition coefficient (Wildman–Crippen LogP) is 5.13. The average Bonchev–Trinajstić information content (AvgIpc) is 3.31. The zero-order chi connectivity index (χ0) is 21.9. The number of likely N-dealkylation sites (tertiary alicyclic amines) is 1. The second kappa shape index (κ2) is 9.59. The molecule has 32 heavy (non-hydrogen) atoms. The summed E-state index contributed by atoms with van der Waals surface area (Å²) in [6, 6.07) is 14.1. The van der Waals surface area contributed by atoms with Gasteiger partial charge < -0.3 is 9.64 Å². The van der Waals surface area contributed by atoms with Gasteiger partial charge in [-0.25, -0.2) is 0 Å². The van der Waals surface area contributed by atoms with Crippen molar-refractivity contribution in [2.75, 3.05) is 39.3 Å². The van der Waals surface area contributed by atoms with Gasteiger partial charge in [0.25, 0.3) is 5.69 Å². The highest BCUT2D eigenvalue weighted by molar-refractivity contribution is 5.51. The zero-order valence-corrected chi connectivity index (χ0v) is 18.7. The van der Waals surface area contributed by atoms with E-state index in [4.69, 9.17) is 4.74 Å². The zero-order valence-electron chi connectivity index (χ0n) is 18.7. The number of nitro benzene ring substituents is 1. The predicted molar refractivity (Wildman–Crippen MR) is 125 cm³/mol. The van der Waals surface area contributed by atoms with Crippen LogP contribution in [-0.4, -0.2) is 54.1 Å². The lowest BCUT2D eigenvalue weighted by atomic mass is 9.81. The third-order valence-corrected chi connectivity index (χ3v) is 7.42. The van der Waals surface area contributed by atoms with Crippen LogP contribution in [0.25, 0.3) is 0 Å². The number of ether oxygens (including phenoxy) is 1. The molecule has 2 atom stereocenters. The fourth-order valence-corrected chi connectivity index (χ4v) is 5.83. The Balaban J connectivity index is 1.37. The molecule has 0 radical (unpaired) electrons. The van der Waals surface area contributed by atoms with Crippen LogP contribution in [0.3, 0.4) is 0 Å². The van der Waals surface area contributed by atoms with Gasteiger partial charge in [-0.15, -0.1) is 0 Å². The number of rotatable bonds is 7. The van der Waals surface area contributed by atoms with Crippen molar-refractivity contribution in [2.24, 2.45) is 0 Å². The van der Waals surface area contributed by atoms with Gasteiger partial charge in [0, 0.05) is 42.7 Å². The van der Waals surface area contributed by atoms with Crippen LogP contribution >= 0.6 is 0 Å². The Morgan fingerprint density at radius 3 is 2.59 bits per heavy atom. The molecule has 3 aliphatic rings. The van der Waals surface area contributed by atoms with Crippen molar-refractivity contribution in [1.29, 1.82) is 0 Å². The number of non-ortho nitro benzene ring substituents is 1. The van der Waals surface area contributed by atoms with Gasteiger partial charge in [0.15, 0.2) is 0 Å². The highest BCUT2D eigenvalue weighted by atomic mass is 16.6. The molecule has 170 valence electrons. The van der Waals surface area contributed by atoms with Crippen molar-refractivity contribution in [2.45, 2.75) is 50.5 Å². The molecule has 0 bridgehead atoms. The fourth-order valence-electron chi connectivity index (χ4n) is 5.83. The summed E-state index contributed by atoms with van der Waals surface area (Å²) >= 11 is 0. The third kappa shape index (κ3) is 4.39. The van der Waals surface area contributed by atoms with Crippen LogP contribution in [0.5, 0.6) is 5.75 Å². The summed E-state index contributed by atoms with van der Waals surface area (Å²) in [6.45, 7) is 6.35. The average molecular weight is 436 g/mol. The molecule has 6 nitrogen and oxygen atoms in total. The van der Waals surface area contributed by atoms with Crippen molar-refractivity contribution in [1.82, 2.24) is 9.80 Å². The first-order valence-electron chi connectivity index (χ1n) is 12.2. The minimum Gasteiger partial charge on any atom is -0.493 e. The van der Waals surface area contributed by atoms with Crippen LogP contribution in [0.15, 0.2) is 42.5 Å². The molecule has 3 aliphatic heterocycles. The monoisotopic (exact) mass is 435 g/mol. The SMILES string of the molecule is O=[N+]([O-])c1ccc([C@@H]2CN3CCC[C@H]3c3cccc(OCCCN4CCCCC4)c32)cc1. The molecule has 0 N–H and O–H groups in total.